The van der Waals surface area contributed by atoms with Gasteiger partial charge in [-0.25, -0.2) is 0 Å². The van der Waals surface area contributed by atoms with Crippen molar-refractivity contribution in [3.63, 3.8) is 0 Å². The summed E-state index contributed by atoms with van der Waals surface area (Å²) in [4.78, 5) is 0. The van der Waals surface area contributed by atoms with Crippen molar-refractivity contribution in [3.05, 3.63) is 35.9 Å². The first-order valence-corrected chi connectivity index (χ1v) is 7.88. The SMILES string of the molecule is CCOP(=O)(OCC)C(C)(Cc1ccccc1)N[O]. The Morgan fingerprint density at radius 2 is 1.68 bits per heavy atom. The van der Waals surface area contributed by atoms with Gasteiger partial charge in [0.2, 0.25) is 0 Å². The molecule has 5 nitrogen and oxygen atoms in total. The van der Waals surface area contributed by atoms with E-state index in [-0.39, 0.29) is 19.6 Å². The van der Waals surface area contributed by atoms with Crippen LogP contribution in [0.1, 0.15) is 26.3 Å². The molecule has 1 radical (unpaired) electrons. The summed E-state index contributed by atoms with van der Waals surface area (Å²) in [5, 5.41) is 10.1. The molecule has 1 aromatic rings. The Kier molecular flexibility index (Phi) is 6.17. The van der Waals surface area contributed by atoms with Crippen LogP contribution in [0.25, 0.3) is 0 Å². The van der Waals surface area contributed by atoms with Gasteiger partial charge in [0.25, 0.3) is 0 Å². The largest absolute Gasteiger partial charge is 0.352 e. The number of hydrogen-bond acceptors (Lipinski definition) is 4. The highest BCUT2D eigenvalue weighted by atomic mass is 31.2. The Labute approximate surface area is 114 Å². The minimum absolute atomic E-state index is 0.226. The van der Waals surface area contributed by atoms with Gasteiger partial charge < -0.3 is 9.05 Å². The van der Waals surface area contributed by atoms with E-state index in [1.54, 1.807) is 20.8 Å². The maximum atomic E-state index is 12.8. The molecule has 0 saturated heterocycles. The Morgan fingerprint density at radius 1 is 1.16 bits per heavy atom. The van der Waals surface area contributed by atoms with Crippen LogP contribution in [-0.4, -0.2) is 18.5 Å². The number of hydrogen-bond donors (Lipinski definition) is 1. The molecular formula is C13H21NO4P. The summed E-state index contributed by atoms with van der Waals surface area (Å²) in [7, 11) is -3.53. The lowest BCUT2D eigenvalue weighted by Crippen LogP contribution is -2.42. The highest BCUT2D eigenvalue weighted by Crippen LogP contribution is 2.59. The molecule has 1 aromatic carbocycles. The molecule has 107 valence electrons. The van der Waals surface area contributed by atoms with Crippen molar-refractivity contribution >= 4 is 7.60 Å². The minimum Gasteiger partial charge on any atom is -0.308 e. The average molecular weight is 286 g/mol. The summed E-state index contributed by atoms with van der Waals surface area (Å²) in [6.45, 7) is 5.46. The van der Waals surface area contributed by atoms with Crippen LogP contribution < -0.4 is 5.48 Å². The maximum absolute atomic E-state index is 12.8. The average Bonchev–Trinajstić information content (AvgIpc) is 2.40. The van der Waals surface area contributed by atoms with Crippen LogP contribution in [0.4, 0.5) is 0 Å². The Bertz CT molecular complexity index is 416. The first-order chi connectivity index (χ1) is 9.01. The molecule has 0 aliphatic carbocycles. The molecule has 1 atom stereocenters. The summed E-state index contributed by atoms with van der Waals surface area (Å²) in [5.41, 5.74) is 2.77. The Hall–Kier alpha value is -0.710. The van der Waals surface area contributed by atoms with Crippen LogP contribution in [0.5, 0.6) is 0 Å². The van der Waals surface area contributed by atoms with Crippen LogP contribution in [-0.2, 0) is 25.2 Å². The van der Waals surface area contributed by atoms with Crippen LogP contribution in [0, 0.1) is 0 Å². The molecular weight excluding hydrogens is 265 g/mol. The summed E-state index contributed by atoms with van der Waals surface area (Å²) >= 11 is 0. The van der Waals surface area contributed by atoms with E-state index in [4.69, 9.17) is 9.05 Å². The van der Waals surface area contributed by atoms with E-state index in [0.717, 1.165) is 5.56 Å². The molecule has 0 spiro atoms. The number of rotatable bonds is 8. The number of hydroxylamine groups is 1. The predicted molar refractivity (Wildman–Crippen MR) is 73.2 cm³/mol. The third-order valence-electron chi connectivity index (χ3n) is 2.81. The lowest BCUT2D eigenvalue weighted by Gasteiger charge is -2.33. The third kappa shape index (κ3) is 3.88. The van der Waals surface area contributed by atoms with Crippen molar-refractivity contribution in [2.24, 2.45) is 0 Å². The van der Waals surface area contributed by atoms with Crippen LogP contribution in [0.3, 0.4) is 0 Å². The molecule has 6 heteroatoms. The fourth-order valence-corrected chi connectivity index (χ4v) is 3.66. The molecule has 19 heavy (non-hydrogen) atoms. The zero-order valence-corrected chi connectivity index (χ0v) is 12.5. The lowest BCUT2D eigenvalue weighted by atomic mass is 10.1. The van der Waals surface area contributed by atoms with E-state index in [2.05, 4.69) is 0 Å². The molecule has 0 aromatic heterocycles. The van der Waals surface area contributed by atoms with Gasteiger partial charge in [-0.1, -0.05) is 30.3 Å². The molecule has 1 rings (SSSR count). The van der Waals surface area contributed by atoms with Gasteiger partial charge in [0.05, 0.1) is 13.2 Å². The second-order valence-corrected chi connectivity index (χ2v) is 6.87. The normalized spacial score (nSPS) is 15.2. The van der Waals surface area contributed by atoms with Gasteiger partial charge in [0, 0.05) is 6.42 Å². The molecule has 0 amide bonds. The summed E-state index contributed by atoms with van der Waals surface area (Å²) in [5.74, 6) is 0. The van der Waals surface area contributed by atoms with Gasteiger partial charge in [-0.05, 0) is 26.3 Å². The molecule has 0 aliphatic heterocycles. The summed E-state index contributed by atoms with van der Waals surface area (Å²) in [6, 6.07) is 9.37. The molecule has 1 unspecified atom stereocenters. The van der Waals surface area contributed by atoms with Crippen LogP contribution >= 0.6 is 7.60 Å². The summed E-state index contributed by atoms with van der Waals surface area (Å²) in [6.07, 6.45) is 0.272. The molecule has 0 heterocycles. The van der Waals surface area contributed by atoms with Crippen molar-refractivity contribution in [2.45, 2.75) is 32.5 Å². The Balaban J connectivity index is 3.03. The van der Waals surface area contributed by atoms with E-state index in [0.29, 0.717) is 0 Å². The van der Waals surface area contributed by atoms with E-state index < -0.39 is 12.9 Å². The van der Waals surface area contributed by atoms with Gasteiger partial charge in [0.15, 0.2) is 0 Å². The zero-order valence-electron chi connectivity index (χ0n) is 11.6. The van der Waals surface area contributed by atoms with Crippen molar-refractivity contribution in [1.29, 1.82) is 0 Å². The monoisotopic (exact) mass is 286 g/mol. The second-order valence-electron chi connectivity index (χ2n) is 4.37. The van der Waals surface area contributed by atoms with Gasteiger partial charge in [-0.3, -0.25) is 4.57 Å². The van der Waals surface area contributed by atoms with Gasteiger partial charge in [-0.15, -0.1) is 10.7 Å². The molecule has 0 bridgehead atoms. The van der Waals surface area contributed by atoms with Gasteiger partial charge in [-0.2, -0.15) is 0 Å². The highest BCUT2D eigenvalue weighted by molar-refractivity contribution is 7.55. The van der Waals surface area contributed by atoms with Gasteiger partial charge in [0.1, 0.15) is 5.28 Å². The predicted octanol–water partition coefficient (Wildman–Crippen LogP) is 3.15. The second kappa shape index (κ2) is 7.17. The van der Waals surface area contributed by atoms with Crippen molar-refractivity contribution in [1.82, 2.24) is 5.48 Å². The Morgan fingerprint density at radius 3 is 2.11 bits per heavy atom. The fourth-order valence-electron chi connectivity index (χ4n) is 1.84. The number of nitrogens with one attached hydrogen (secondary N) is 1. The zero-order chi connectivity index (χ0) is 14.4. The van der Waals surface area contributed by atoms with E-state index in [9.17, 15) is 9.77 Å². The summed E-state index contributed by atoms with van der Waals surface area (Å²) < 4.78 is 23.3. The van der Waals surface area contributed by atoms with Gasteiger partial charge >= 0.3 is 7.60 Å². The van der Waals surface area contributed by atoms with Crippen molar-refractivity contribution < 1.29 is 18.8 Å². The molecule has 0 aliphatic rings. The first kappa shape index (κ1) is 16.3. The standard InChI is InChI=1S/C13H21NO4P/c1-4-17-19(16,18-5-2)13(3,14-15)11-12-9-7-6-8-10-12/h6-10,14H,4-5,11H2,1-3H3. The third-order valence-corrected chi connectivity index (χ3v) is 5.47. The van der Waals surface area contributed by atoms with E-state index in [1.807, 2.05) is 35.8 Å². The smallest absolute Gasteiger partial charge is 0.308 e. The fraction of sp³-hybridized carbons (Fsp3) is 0.538. The topological polar surface area (TPSA) is 67.5 Å². The van der Waals surface area contributed by atoms with Crippen molar-refractivity contribution in [3.8, 4) is 0 Å². The van der Waals surface area contributed by atoms with E-state index in [1.165, 1.54) is 0 Å². The highest BCUT2D eigenvalue weighted by Gasteiger charge is 2.47. The van der Waals surface area contributed by atoms with Crippen LogP contribution in [0.15, 0.2) is 30.3 Å². The lowest BCUT2D eigenvalue weighted by molar-refractivity contribution is 0.0183. The molecule has 0 fully saturated rings. The quantitative estimate of drug-likeness (QED) is 0.589. The number of benzene rings is 1. The first-order valence-electron chi connectivity index (χ1n) is 6.33. The minimum atomic E-state index is -3.53. The maximum Gasteiger partial charge on any atom is 0.352 e. The molecule has 0 saturated carbocycles. The van der Waals surface area contributed by atoms with Crippen molar-refractivity contribution in [2.75, 3.05) is 13.2 Å². The van der Waals surface area contributed by atoms with E-state index >= 15 is 0 Å². The van der Waals surface area contributed by atoms with Crippen LogP contribution in [0.2, 0.25) is 0 Å². The molecule has 1 N–H and O–H groups in total.